The van der Waals surface area contributed by atoms with Crippen molar-refractivity contribution >= 4 is 23.7 Å². The molecule has 9 heteroatoms. The molecule has 6 nitrogen and oxygen atoms in total. The van der Waals surface area contributed by atoms with E-state index in [2.05, 4.69) is 30.5 Å². The number of rotatable bonds is 6. The van der Waals surface area contributed by atoms with Gasteiger partial charge >= 0.3 is 0 Å². The zero-order valence-electron chi connectivity index (χ0n) is 13.6. The van der Waals surface area contributed by atoms with Crippen molar-refractivity contribution in [1.82, 2.24) is 24.2 Å². The quantitative estimate of drug-likeness (QED) is 0.607. The summed E-state index contributed by atoms with van der Waals surface area (Å²) in [4.78, 5) is 15.8. The van der Waals surface area contributed by atoms with Crippen LogP contribution in [-0.2, 0) is 0 Å². The van der Waals surface area contributed by atoms with Crippen LogP contribution in [0.2, 0.25) is 0 Å². The Morgan fingerprint density at radius 3 is 3.00 bits per heavy atom. The van der Waals surface area contributed by atoms with E-state index in [9.17, 15) is 8.78 Å². The zero-order chi connectivity index (χ0) is 17.8. The van der Waals surface area contributed by atoms with Gasteiger partial charge in [-0.15, -0.1) is 0 Å². The van der Waals surface area contributed by atoms with Crippen LogP contribution in [-0.4, -0.2) is 55.7 Å². The Kier molecular flexibility index (Phi) is 5.54. The molecule has 0 radical (unpaired) electrons. The van der Waals surface area contributed by atoms with E-state index in [0.717, 1.165) is 31.3 Å². The number of H-pyrrole nitrogens is 1. The average Bonchev–Trinajstić information content (AvgIpc) is 3.29. The first kappa shape index (κ1) is 17.7. The summed E-state index contributed by atoms with van der Waals surface area (Å²) in [6.45, 7) is 2.00. The number of nitrogens with zero attached hydrogens (tertiary/aromatic N) is 4. The minimum Gasteiger partial charge on any atom is -0.337 e. The molecule has 3 heterocycles. The van der Waals surface area contributed by atoms with Crippen molar-refractivity contribution < 1.29 is 8.78 Å². The summed E-state index contributed by atoms with van der Waals surface area (Å²) in [5.41, 5.74) is 1.64. The van der Waals surface area contributed by atoms with Gasteiger partial charge in [0, 0.05) is 24.7 Å². The fourth-order valence-electron chi connectivity index (χ4n) is 2.67. The van der Waals surface area contributed by atoms with E-state index in [0.29, 0.717) is 23.1 Å². The van der Waals surface area contributed by atoms with E-state index in [4.69, 9.17) is 5.41 Å². The van der Waals surface area contributed by atoms with Gasteiger partial charge in [0.15, 0.2) is 0 Å². The monoisotopic (exact) mass is 364 g/mol. The Bertz CT molecular complexity index is 775. The van der Waals surface area contributed by atoms with Crippen LogP contribution < -0.4 is 0 Å². The molecule has 0 spiro atoms. The van der Waals surface area contributed by atoms with Gasteiger partial charge in [0.1, 0.15) is 12.2 Å². The third-order valence-electron chi connectivity index (χ3n) is 4.04. The standard InChI is InChI=1S/C16H18F2N6S/c1-25-24-5-4-10(8-24)12-6-13(22-9-21-12)14-7-20-15(23-14)3-2-11(19)16(17)18/h2-3,6-7,9-10,16,19H,4-5,8H2,1H3,(H,20,23)/b3-2-,19-11?. The van der Waals surface area contributed by atoms with Crippen LogP contribution in [0.3, 0.4) is 0 Å². The van der Waals surface area contributed by atoms with Crippen LogP contribution >= 0.6 is 11.9 Å². The van der Waals surface area contributed by atoms with Crippen LogP contribution in [0, 0.1) is 5.41 Å². The van der Waals surface area contributed by atoms with E-state index in [-0.39, 0.29) is 0 Å². The third kappa shape index (κ3) is 4.29. The second-order valence-corrected chi connectivity index (χ2v) is 6.54. The van der Waals surface area contributed by atoms with Crippen molar-refractivity contribution in [2.45, 2.75) is 18.8 Å². The number of allylic oxidation sites excluding steroid dienone is 1. The maximum Gasteiger partial charge on any atom is 0.279 e. The maximum atomic E-state index is 12.3. The van der Waals surface area contributed by atoms with Crippen LogP contribution in [0.4, 0.5) is 8.78 Å². The molecular weight excluding hydrogens is 346 g/mol. The molecule has 0 aliphatic carbocycles. The first-order valence-electron chi connectivity index (χ1n) is 7.78. The molecule has 0 bridgehead atoms. The molecular formula is C16H18F2N6S. The molecule has 25 heavy (non-hydrogen) atoms. The second kappa shape index (κ2) is 7.83. The topological polar surface area (TPSA) is 81.5 Å². The molecule has 1 aliphatic rings. The molecule has 1 saturated heterocycles. The van der Waals surface area contributed by atoms with Crippen LogP contribution in [0.1, 0.15) is 23.9 Å². The average molecular weight is 364 g/mol. The minimum absolute atomic E-state index is 0.378. The molecule has 1 aliphatic heterocycles. The molecule has 3 rings (SSSR count). The van der Waals surface area contributed by atoms with Gasteiger partial charge in [0.2, 0.25) is 0 Å². The molecule has 1 unspecified atom stereocenters. The van der Waals surface area contributed by atoms with Crippen molar-refractivity contribution in [2.75, 3.05) is 19.3 Å². The summed E-state index contributed by atoms with van der Waals surface area (Å²) in [6.07, 6.45) is 5.87. The van der Waals surface area contributed by atoms with Gasteiger partial charge in [-0.2, -0.15) is 0 Å². The number of nitrogens with one attached hydrogen (secondary N) is 2. The van der Waals surface area contributed by atoms with E-state index < -0.39 is 12.1 Å². The lowest BCUT2D eigenvalue weighted by Gasteiger charge is -2.12. The van der Waals surface area contributed by atoms with Crippen molar-refractivity contribution in [2.24, 2.45) is 0 Å². The molecule has 0 amide bonds. The van der Waals surface area contributed by atoms with E-state index in [1.807, 2.05) is 6.07 Å². The highest BCUT2D eigenvalue weighted by Gasteiger charge is 2.24. The van der Waals surface area contributed by atoms with E-state index in [1.54, 1.807) is 18.1 Å². The summed E-state index contributed by atoms with van der Waals surface area (Å²) in [7, 11) is 0. The molecule has 0 aromatic carbocycles. The molecule has 2 aromatic heterocycles. The van der Waals surface area contributed by atoms with Gasteiger partial charge in [-0.25, -0.2) is 23.7 Å². The minimum atomic E-state index is -2.79. The molecule has 2 aromatic rings. The van der Waals surface area contributed by atoms with E-state index in [1.165, 1.54) is 12.4 Å². The van der Waals surface area contributed by atoms with E-state index >= 15 is 0 Å². The third-order valence-corrected chi connectivity index (χ3v) is 4.89. The number of imidazole rings is 1. The van der Waals surface area contributed by atoms with Crippen molar-refractivity contribution in [3.8, 4) is 11.4 Å². The smallest absolute Gasteiger partial charge is 0.279 e. The number of halogens is 2. The Morgan fingerprint density at radius 2 is 2.28 bits per heavy atom. The number of alkyl halides is 2. The van der Waals surface area contributed by atoms with Gasteiger partial charge < -0.3 is 4.98 Å². The number of hydrogen-bond acceptors (Lipinski definition) is 6. The maximum absolute atomic E-state index is 12.3. The Hall–Kier alpha value is -2.13. The summed E-state index contributed by atoms with van der Waals surface area (Å²) >= 11 is 1.74. The predicted molar refractivity (Wildman–Crippen MR) is 94.8 cm³/mol. The summed E-state index contributed by atoms with van der Waals surface area (Å²) in [6, 6.07) is 1.94. The fraction of sp³-hybridized carbons (Fsp3) is 0.375. The van der Waals surface area contributed by atoms with Gasteiger partial charge in [-0.05, 0) is 30.9 Å². The van der Waals surface area contributed by atoms with Crippen molar-refractivity contribution in [1.29, 1.82) is 5.41 Å². The largest absolute Gasteiger partial charge is 0.337 e. The Morgan fingerprint density at radius 1 is 1.44 bits per heavy atom. The molecule has 2 N–H and O–H groups in total. The number of hydrogen-bond donors (Lipinski definition) is 2. The molecule has 132 valence electrons. The zero-order valence-corrected chi connectivity index (χ0v) is 14.4. The number of aromatic amines is 1. The Labute approximate surface area is 148 Å². The highest BCUT2D eigenvalue weighted by atomic mass is 32.2. The first-order chi connectivity index (χ1) is 12.1. The molecule has 1 atom stereocenters. The lowest BCUT2D eigenvalue weighted by molar-refractivity contribution is 0.226. The molecule has 0 saturated carbocycles. The fourth-order valence-corrected chi connectivity index (χ4v) is 3.29. The predicted octanol–water partition coefficient (Wildman–Crippen LogP) is 3.23. The van der Waals surface area contributed by atoms with Crippen LogP contribution in [0.15, 0.2) is 24.7 Å². The second-order valence-electron chi connectivity index (χ2n) is 5.66. The van der Waals surface area contributed by atoms with Crippen molar-refractivity contribution in [3.05, 3.63) is 36.2 Å². The summed E-state index contributed by atoms with van der Waals surface area (Å²) < 4.78 is 26.9. The Balaban J connectivity index is 1.75. The highest BCUT2D eigenvalue weighted by molar-refractivity contribution is 7.96. The lowest BCUT2D eigenvalue weighted by Crippen LogP contribution is -2.11. The van der Waals surface area contributed by atoms with Crippen LogP contribution in [0.25, 0.3) is 17.5 Å². The normalized spacial score (nSPS) is 18.5. The highest BCUT2D eigenvalue weighted by Crippen LogP contribution is 2.30. The lowest BCUT2D eigenvalue weighted by atomic mass is 10.0. The van der Waals surface area contributed by atoms with Gasteiger partial charge in [0.05, 0.1) is 23.3 Å². The van der Waals surface area contributed by atoms with Gasteiger partial charge in [-0.1, -0.05) is 11.9 Å². The number of aromatic nitrogens is 4. The van der Waals surface area contributed by atoms with Crippen molar-refractivity contribution in [3.63, 3.8) is 0 Å². The first-order valence-corrected chi connectivity index (χ1v) is 8.96. The van der Waals surface area contributed by atoms with Gasteiger partial charge in [0.25, 0.3) is 6.43 Å². The van der Waals surface area contributed by atoms with Crippen LogP contribution in [0.5, 0.6) is 0 Å². The SMILES string of the molecule is CSN1CCC(c2cc(-c3cnc(/C=C\C(=N)C(F)F)[nH]3)ncn2)C1. The van der Waals surface area contributed by atoms with Gasteiger partial charge in [-0.3, -0.25) is 9.71 Å². The summed E-state index contributed by atoms with van der Waals surface area (Å²) in [5, 5.41) is 7.11. The molecule has 1 fully saturated rings. The summed E-state index contributed by atoms with van der Waals surface area (Å²) in [5.74, 6) is 0.776.